The van der Waals surface area contributed by atoms with Crippen molar-refractivity contribution in [2.75, 3.05) is 18.4 Å². The lowest BCUT2D eigenvalue weighted by atomic mass is 9.87. The van der Waals surface area contributed by atoms with Gasteiger partial charge in [-0.2, -0.15) is 18.3 Å². The van der Waals surface area contributed by atoms with Crippen LogP contribution in [0, 0.1) is 6.92 Å². The number of alkyl halides is 3. The highest BCUT2D eigenvalue weighted by molar-refractivity contribution is 5.84. The second kappa shape index (κ2) is 10.9. The molecule has 1 fully saturated rings. The molecule has 3 heterocycles. The molecule has 1 unspecified atom stereocenters. The minimum Gasteiger partial charge on any atom is -0.364 e. The third-order valence-corrected chi connectivity index (χ3v) is 7.16. The van der Waals surface area contributed by atoms with Gasteiger partial charge < -0.3 is 10.6 Å². The molecular weight excluding hydrogens is 487 g/mol. The Morgan fingerprint density at radius 1 is 0.921 bits per heavy atom. The van der Waals surface area contributed by atoms with Gasteiger partial charge in [-0.3, -0.25) is 0 Å². The minimum absolute atomic E-state index is 0.0175. The molecule has 2 aromatic carbocycles. The Morgan fingerprint density at radius 2 is 1.68 bits per heavy atom. The van der Waals surface area contributed by atoms with Crippen LogP contribution in [0.15, 0.2) is 72.9 Å². The van der Waals surface area contributed by atoms with Crippen molar-refractivity contribution in [3.8, 4) is 22.4 Å². The molecule has 1 aliphatic rings. The molecule has 0 aliphatic carbocycles. The third kappa shape index (κ3) is 5.55. The van der Waals surface area contributed by atoms with Crippen molar-refractivity contribution in [2.24, 2.45) is 0 Å². The van der Waals surface area contributed by atoms with Crippen molar-refractivity contribution in [3.63, 3.8) is 0 Å². The predicted octanol–water partition coefficient (Wildman–Crippen LogP) is 7.17. The Morgan fingerprint density at radius 3 is 2.42 bits per heavy atom. The van der Waals surface area contributed by atoms with Crippen LogP contribution in [0.25, 0.3) is 22.4 Å². The third-order valence-electron chi connectivity index (χ3n) is 7.16. The van der Waals surface area contributed by atoms with Crippen molar-refractivity contribution in [3.05, 3.63) is 95.3 Å². The maximum atomic E-state index is 13.5. The number of hydrogen-bond donors (Lipinski definition) is 2. The van der Waals surface area contributed by atoms with Gasteiger partial charge in [-0.1, -0.05) is 42.5 Å². The van der Waals surface area contributed by atoms with Gasteiger partial charge in [0.15, 0.2) is 0 Å². The van der Waals surface area contributed by atoms with E-state index in [1.165, 1.54) is 6.07 Å². The van der Waals surface area contributed by atoms with Crippen molar-refractivity contribution < 1.29 is 13.2 Å². The lowest BCUT2D eigenvalue weighted by molar-refractivity contribution is -0.137. The van der Waals surface area contributed by atoms with E-state index in [9.17, 15) is 13.2 Å². The molecule has 1 atom stereocenters. The van der Waals surface area contributed by atoms with E-state index in [1.807, 2.05) is 37.3 Å². The Labute approximate surface area is 220 Å². The summed E-state index contributed by atoms with van der Waals surface area (Å²) in [4.78, 5) is 4.52. The van der Waals surface area contributed by atoms with Gasteiger partial charge in [0.1, 0.15) is 11.5 Å². The summed E-state index contributed by atoms with van der Waals surface area (Å²) in [6.07, 6.45) is -0.852. The number of nitrogens with one attached hydrogen (secondary N) is 2. The summed E-state index contributed by atoms with van der Waals surface area (Å²) >= 11 is 0. The zero-order chi connectivity index (χ0) is 26.7. The zero-order valence-corrected chi connectivity index (χ0v) is 21.4. The van der Waals surface area contributed by atoms with Crippen molar-refractivity contribution in [2.45, 2.75) is 44.8 Å². The van der Waals surface area contributed by atoms with Gasteiger partial charge in [-0.15, -0.1) is 5.10 Å². The summed E-state index contributed by atoms with van der Waals surface area (Å²) in [6.45, 7) is 5.86. The number of pyridine rings is 1. The van der Waals surface area contributed by atoms with Crippen LogP contribution in [0.5, 0.6) is 0 Å². The van der Waals surface area contributed by atoms with Crippen LogP contribution in [0.3, 0.4) is 0 Å². The van der Waals surface area contributed by atoms with Crippen LogP contribution in [0.4, 0.5) is 19.0 Å². The SMILES string of the molecule is Cc1c(C2CCNCC2)nnc(-c2cccc(C(F)(F)F)c2)c1-c1ccnc(NC(C)c2ccccc2)c1. The fourth-order valence-electron chi connectivity index (χ4n) is 5.13. The topological polar surface area (TPSA) is 62.7 Å². The van der Waals surface area contributed by atoms with E-state index >= 15 is 0 Å². The summed E-state index contributed by atoms with van der Waals surface area (Å²) in [5.74, 6) is 0.920. The molecule has 38 heavy (non-hydrogen) atoms. The maximum absolute atomic E-state index is 13.5. The first-order chi connectivity index (χ1) is 18.3. The quantitative estimate of drug-likeness (QED) is 0.284. The Bertz CT molecular complexity index is 1400. The highest BCUT2D eigenvalue weighted by Crippen LogP contribution is 2.39. The molecule has 196 valence electrons. The van der Waals surface area contributed by atoms with Crippen molar-refractivity contribution in [1.82, 2.24) is 20.5 Å². The summed E-state index contributed by atoms with van der Waals surface area (Å²) in [5, 5.41) is 15.9. The van der Waals surface area contributed by atoms with Crippen molar-refractivity contribution in [1.29, 1.82) is 0 Å². The Kier molecular flexibility index (Phi) is 7.42. The van der Waals surface area contributed by atoms with Crippen LogP contribution >= 0.6 is 0 Å². The first-order valence-corrected chi connectivity index (χ1v) is 12.8. The largest absolute Gasteiger partial charge is 0.416 e. The van der Waals surface area contributed by atoms with E-state index in [0.717, 1.165) is 66.0 Å². The van der Waals surface area contributed by atoms with Gasteiger partial charge in [-0.05, 0) is 80.7 Å². The number of halogens is 3. The molecule has 1 aliphatic heterocycles. The average molecular weight is 518 g/mol. The molecule has 0 amide bonds. The summed E-state index contributed by atoms with van der Waals surface area (Å²) < 4.78 is 40.6. The molecule has 5 rings (SSSR count). The van der Waals surface area contributed by atoms with E-state index < -0.39 is 11.7 Å². The average Bonchev–Trinajstić information content (AvgIpc) is 2.93. The Balaban J connectivity index is 1.60. The zero-order valence-electron chi connectivity index (χ0n) is 21.4. The van der Waals surface area contributed by atoms with Gasteiger partial charge in [0.2, 0.25) is 0 Å². The van der Waals surface area contributed by atoms with E-state index in [4.69, 9.17) is 0 Å². The summed E-state index contributed by atoms with van der Waals surface area (Å²) in [5.41, 5.74) is 4.68. The monoisotopic (exact) mass is 517 g/mol. The molecular formula is C30H30F3N5. The van der Waals surface area contributed by atoms with Crippen molar-refractivity contribution >= 4 is 5.82 Å². The highest BCUT2D eigenvalue weighted by atomic mass is 19.4. The number of hydrogen-bond acceptors (Lipinski definition) is 5. The number of aromatic nitrogens is 3. The van der Waals surface area contributed by atoms with Gasteiger partial charge in [0.25, 0.3) is 0 Å². The van der Waals surface area contributed by atoms with Gasteiger partial charge >= 0.3 is 6.18 Å². The number of benzene rings is 2. The number of piperidine rings is 1. The van der Waals surface area contributed by atoms with E-state index in [1.54, 1.807) is 12.3 Å². The lowest BCUT2D eigenvalue weighted by Crippen LogP contribution is -2.27. The van der Waals surface area contributed by atoms with E-state index in [0.29, 0.717) is 17.1 Å². The molecule has 0 radical (unpaired) electrons. The Hall–Kier alpha value is -3.78. The molecule has 2 aromatic heterocycles. The molecule has 4 aromatic rings. The van der Waals surface area contributed by atoms with Crippen LogP contribution in [-0.2, 0) is 6.18 Å². The molecule has 1 saturated heterocycles. The molecule has 0 bridgehead atoms. The number of nitrogens with zero attached hydrogens (tertiary/aromatic N) is 3. The molecule has 8 heteroatoms. The summed E-state index contributed by atoms with van der Waals surface area (Å²) in [6, 6.07) is 19.2. The highest BCUT2D eigenvalue weighted by Gasteiger charge is 2.31. The van der Waals surface area contributed by atoms with Crippen LogP contribution in [-0.4, -0.2) is 28.3 Å². The fourth-order valence-corrected chi connectivity index (χ4v) is 5.13. The first kappa shape index (κ1) is 25.9. The van der Waals surface area contributed by atoms with Crippen LogP contribution < -0.4 is 10.6 Å². The fraction of sp³-hybridized carbons (Fsp3) is 0.300. The second-order valence-electron chi connectivity index (χ2n) is 9.74. The number of anilines is 1. The molecule has 0 spiro atoms. The second-order valence-corrected chi connectivity index (χ2v) is 9.74. The lowest BCUT2D eigenvalue weighted by Gasteiger charge is -2.25. The van der Waals surface area contributed by atoms with Gasteiger partial charge in [0.05, 0.1) is 11.3 Å². The molecule has 2 N–H and O–H groups in total. The van der Waals surface area contributed by atoms with Crippen LogP contribution in [0.2, 0.25) is 0 Å². The van der Waals surface area contributed by atoms with E-state index in [-0.39, 0.29) is 12.0 Å². The summed E-state index contributed by atoms with van der Waals surface area (Å²) in [7, 11) is 0. The normalized spacial score (nSPS) is 15.3. The smallest absolute Gasteiger partial charge is 0.364 e. The predicted molar refractivity (Wildman–Crippen MR) is 144 cm³/mol. The number of rotatable bonds is 6. The maximum Gasteiger partial charge on any atom is 0.416 e. The van der Waals surface area contributed by atoms with Gasteiger partial charge in [0, 0.05) is 29.3 Å². The first-order valence-electron chi connectivity index (χ1n) is 12.8. The van der Waals surface area contributed by atoms with Crippen LogP contribution in [0.1, 0.15) is 54.1 Å². The molecule has 5 nitrogen and oxygen atoms in total. The molecule has 0 saturated carbocycles. The van der Waals surface area contributed by atoms with Gasteiger partial charge in [-0.25, -0.2) is 4.98 Å². The van der Waals surface area contributed by atoms with E-state index in [2.05, 4.69) is 44.9 Å². The standard InChI is InChI=1S/C30H30F3N5/c1-19-27(23-13-16-35-26(18-23)36-20(2)21-7-4-3-5-8-21)29(24-9-6-10-25(17-24)30(31,32)33)38-37-28(19)22-11-14-34-15-12-22/h3-10,13,16-18,20,22,34H,11-12,14-15H2,1-2H3,(H,35,36). The minimum atomic E-state index is -4.45.